The van der Waals surface area contributed by atoms with Gasteiger partial charge in [-0.2, -0.15) is 5.10 Å². The quantitative estimate of drug-likeness (QED) is 0.278. The monoisotopic (exact) mass is 532 g/mol. The number of allylic oxidation sites excluding steroid dienone is 2. The third-order valence-electron chi connectivity index (χ3n) is 6.77. The fourth-order valence-electron chi connectivity index (χ4n) is 4.53. The smallest absolute Gasteiger partial charge is 0.271 e. The number of benzene rings is 1. The summed E-state index contributed by atoms with van der Waals surface area (Å²) in [5, 5.41) is 6.52. The zero-order valence-electron chi connectivity index (χ0n) is 23.1. The van der Waals surface area contributed by atoms with Gasteiger partial charge in [0, 0.05) is 42.0 Å². The Balaban J connectivity index is 1.94. The van der Waals surface area contributed by atoms with Crippen LogP contribution in [0, 0.1) is 13.8 Å². The summed E-state index contributed by atoms with van der Waals surface area (Å²) in [6.45, 7) is 12.4. The molecule has 0 aliphatic rings. The normalized spacial score (nSPS) is 12.6. The first-order valence-corrected chi connectivity index (χ1v) is 12.9. The predicted octanol–water partition coefficient (Wildman–Crippen LogP) is 6.29. The summed E-state index contributed by atoms with van der Waals surface area (Å²) in [7, 11) is 3.41. The highest BCUT2D eigenvalue weighted by Gasteiger charge is 2.26. The van der Waals surface area contributed by atoms with Gasteiger partial charge in [-0.05, 0) is 64.8 Å². The van der Waals surface area contributed by atoms with Crippen LogP contribution < -0.4 is 4.74 Å². The van der Waals surface area contributed by atoms with Crippen LogP contribution in [0.5, 0.6) is 5.75 Å². The first-order chi connectivity index (χ1) is 18.1. The molecule has 1 amide bonds. The molecular formula is C29H33ClN6O2. The number of ether oxygens (including phenoxy) is 1. The first-order valence-electron chi connectivity index (χ1n) is 12.6. The molecule has 4 rings (SSSR count). The molecule has 4 aromatic rings. The van der Waals surface area contributed by atoms with E-state index in [1.165, 1.54) is 4.90 Å². The summed E-state index contributed by atoms with van der Waals surface area (Å²) in [5.74, 6) is 0.544. The van der Waals surface area contributed by atoms with E-state index in [4.69, 9.17) is 21.4 Å². The van der Waals surface area contributed by atoms with Gasteiger partial charge in [0.25, 0.3) is 5.91 Å². The average Bonchev–Trinajstić information content (AvgIpc) is 3.31. The van der Waals surface area contributed by atoms with Gasteiger partial charge in [0.2, 0.25) is 0 Å². The number of rotatable bonds is 7. The molecule has 1 atom stereocenters. The van der Waals surface area contributed by atoms with Crippen molar-refractivity contribution in [3.05, 3.63) is 70.0 Å². The molecule has 9 heteroatoms. The second-order valence-corrected chi connectivity index (χ2v) is 9.85. The van der Waals surface area contributed by atoms with Gasteiger partial charge in [0.05, 0.1) is 29.4 Å². The third-order valence-corrected chi connectivity index (χ3v) is 7.17. The number of aromatic nitrogens is 5. The van der Waals surface area contributed by atoms with Crippen molar-refractivity contribution in [3.8, 4) is 16.9 Å². The second-order valence-electron chi connectivity index (χ2n) is 9.44. The Hall–Kier alpha value is -3.78. The summed E-state index contributed by atoms with van der Waals surface area (Å²) in [6, 6.07) is 5.29. The molecule has 0 aliphatic carbocycles. The van der Waals surface area contributed by atoms with Gasteiger partial charge >= 0.3 is 0 Å². The summed E-state index contributed by atoms with van der Waals surface area (Å²) >= 11 is 6.82. The molecule has 1 aromatic carbocycles. The van der Waals surface area contributed by atoms with Crippen molar-refractivity contribution in [2.24, 2.45) is 0 Å². The van der Waals surface area contributed by atoms with Gasteiger partial charge in [-0.1, -0.05) is 23.7 Å². The van der Waals surface area contributed by atoms with Crippen LogP contribution in [0.4, 0.5) is 0 Å². The Bertz CT molecular complexity index is 1540. The molecule has 0 fully saturated rings. The minimum Gasteiger partial charge on any atom is -0.493 e. The maximum atomic E-state index is 12.4. The number of halogens is 1. The van der Waals surface area contributed by atoms with E-state index in [0.717, 1.165) is 50.2 Å². The number of nitrogens with zero attached hydrogens (tertiary/aromatic N) is 6. The number of amides is 1. The van der Waals surface area contributed by atoms with E-state index >= 15 is 0 Å². The van der Waals surface area contributed by atoms with E-state index in [1.807, 2.05) is 57.5 Å². The molecule has 0 aliphatic heterocycles. The predicted molar refractivity (Wildman–Crippen MR) is 152 cm³/mol. The maximum Gasteiger partial charge on any atom is 0.271 e. The molecule has 0 saturated heterocycles. The third kappa shape index (κ3) is 4.76. The summed E-state index contributed by atoms with van der Waals surface area (Å²) in [4.78, 5) is 27.3. The van der Waals surface area contributed by atoms with Gasteiger partial charge in [-0.3, -0.25) is 9.78 Å². The molecule has 0 bridgehead atoms. The number of pyridine rings is 1. The molecule has 3 aromatic heterocycles. The molecule has 0 saturated carbocycles. The highest BCUT2D eigenvalue weighted by atomic mass is 35.5. The van der Waals surface area contributed by atoms with Crippen LogP contribution >= 0.6 is 11.6 Å². The van der Waals surface area contributed by atoms with Gasteiger partial charge in [0.1, 0.15) is 17.8 Å². The Kier molecular flexibility index (Phi) is 7.83. The first kappa shape index (κ1) is 27.3. The van der Waals surface area contributed by atoms with Crippen LogP contribution in [0.3, 0.4) is 0 Å². The summed E-state index contributed by atoms with van der Waals surface area (Å²) in [5.41, 5.74) is 7.28. The van der Waals surface area contributed by atoms with Crippen molar-refractivity contribution in [2.75, 3.05) is 20.7 Å². The second kappa shape index (κ2) is 10.9. The highest BCUT2D eigenvalue weighted by Crippen LogP contribution is 2.43. The van der Waals surface area contributed by atoms with Gasteiger partial charge in [-0.25, -0.2) is 14.6 Å². The number of hydrogen-bond acceptors (Lipinski definition) is 6. The molecule has 198 valence electrons. The zero-order valence-corrected chi connectivity index (χ0v) is 23.9. The van der Waals surface area contributed by atoms with E-state index in [1.54, 1.807) is 32.7 Å². The van der Waals surface area contributed by atoms with Crippen LogP contribution in [0.15, 0.2) is 36.8 Å². The minimum absolute atomic E-state index is 0.159. The lowest BCUT2D eigenvalue weighted by Crippen LogP contribution is -2.22. The van der Waals surface area contributed by atoms with Crippen molar-refractivity contribution >= 4 is 34.1 Å². The molecule has 0 spiro atoms. The summed E-state index contributed by atoms with van der Waals surface area (Å²) < 4.78 is 8.19. The van der Waals surface area contributed by atoms with Crippen molar-refractivity contribution in [2.45, 2.75) is 47.6 Å². The molecule has 0 radical (unpaired) electrons. The number of aryl methyl sites for hydroxylation is 1. The van der Waals surface area contributed by atoms with Crippen molar-refractivity contribution in [1.29, 1.82) is 0 Å². The molecule has 1 unspecified atom stereocenters. The molecule has 3 heterocycles. The molecular weight excluding hydrogens is 500 g/mol. The van der Waals surface area contributed by atoms with Crippen LogP contribution in [-0.4, -0.2) is 56.2 Å². The van der Waals surface area contributed by atoms with E-state index in [0.29, 0.717) is 23.1 Å². The lowest BCUT2D eigenvalue weighted by atomic mass is 9.94. The van der Waals surface area contributed by atoms with Crippen molar-refractivity contribution in [1.82, 2.24) is 29.6 Å². The molecule has 38 heavy (non-hydrogen) atoms. The number of carbonyl (C=O) groups excluding carboxylic acids is 1. The lowest BCUT2D eigenvalue weighted by molar-refractivity contribution is 0.0822. The number of fused-ring (bicyclic) bond motifs is 1. The average molecular weight is 533 g/mol. The van der Waals surface area contributed by atoms with Crippen LogP contribution in [0.2, 0.25) is 5.02 Å². The topological polar surface area (TPSA) is 86.0 Å². The SMILES string of the molecule is CC=C(C)c1nn(C(C)c2cc(Cl)c(C)c(-c3ccc(C(=O)N(C)C)nc3)c2OCC)c2ncnc(C)c12. The molecule has 0 N–H and O–H groups in total. The number of hydrogen-bond donors (Lipinski definition) is 0. The van der Waals surface area contributed by atoms with Crippen molar-refractivity contribution < 1.29 is 9.53 Å². The maximum absolute atomic E-state index is 12.4. The Morgan fingerprint density at radius 3 is 2.55 bits per heavy atom. The molecule has 8 nitrogen and oxygen atoms in total. The van der Waals surface area contributed by atoms with Gasteiger partial charge in [-0.15, -0.1) is 0 Å². The van der Waals surface area contributed by atoms with Gasteiger partial charge < -0.3 is 9.64 Å². The fraction of sp³-hybridized carbons (Fsp3) is 0.345. The van der Waals surface area contributed by atoms with E-state index < -0.39 is 0 Å². The Morgan fingerprint density at radius 2 is 1.95 bits per heavy atom. The Labute approximate surface area is 228 Å². The fourth-order valence-corrected chi connectivity index (χ4v) is 4.74. The largest absolute Gasteiger partial charge is 0.493 e. The standard InChI is InChI=1S/C29H33ClN6O2/c1-9-16(3)26-25-18(5)32-15-33-28(25)36(34-26)19(6)21-13-22(30)17(4)24(27(21)38-10-2)20-11-12-23(31-14-20)29(37)35(7)8/h9,11-15,19H,10H2,1-8H3. The van der Waals surface area contributed by atoms with E-state index in [-0.39, 0.29) is 11.9 Å². The summed E-state index contributed by atoms with van der Waals surface area (Å²) in [6.07, 6.45) is 5.30. The Morgan fingerprint density at radius 1 is 1.21 bits per heavy atom. The zero-order chi connectivity index (χ0) is 27.7. The van der Waals surface area contributed by atoms with Crippen LogP contribution in [0.25, 0.3) is 27.7 Å². The van der Waals surface area contributed by atoms with E-state index in [9.17, 15) is 4.79 Å². The lowest BCUT2D eigenvalue weighted by Gasteiger charge is -2.23. The van der Waals surface area contributed by atoms with Crippen molar-refractivity contribution in [3.63, 3.8) is 0 Å². The minimum atomic E-state index is -0.258. The highest BCUT2D eigenvalue weighted by molar-refractivity contribution is 6.32. The number of carbonyl (C=O) groups is 1. The van der Waals surface area contributed by atoms with Crippen LogP contribution in [-0.2, 0) is 0 Å². The van der Waals surface area contributed by atoms with Gasteiger partial charge in [0.15, 0.2) is 5.65 Å². The van der Waals surface area contributed by atoms with Crippen LogP contribution in [0.1, 0.15) is 66.7 Å². The van der Waals surface area contributed by atoms with E-state index in [2.05, 4.69) is 21.9 Å².